The molecule has 170 valence electrons. The largest absolute Gasteiger partial charge is 0.378 e. The highest BCUT2D eigenvalue weighted by Gasteiger charge is 2.37. The summed E-state index contributed by atoms with van der Waals surface area (Å²) in [5.74, 6) is -0.401. The maximum absolute atomic E-state index is 12.7. The summed E-state index contributed by atoms with van der Waals surface area (Å²) in [6.45, 7) is 1.81. The average molecular weight is 470 g/mol. The second-order valence-corrected chi connectivity index (χ2v) is 8.01. The van der Waals surface area contributed by atoms with Crippen LogP contribution in [0.15, 0.2) is 42.5 Å². The van der Waals surface area contributed by atoms with Gasteiger partial charge in [0, 0.05) is 35.0 Å². The summed E-state index contributed by atoms with van der Waals surface area (Å²) in [4.78, 5) is 36.0. The standard InChI is InChI=1S/C22H20ClN5O5/c1-12-6-7-15(9-17(12)28(31)32)24-19(29)10-18-22(30)25-21-20(13-4-3-5-14(23)8-13)16(11-33-2)26-27(18)21/h3-9,18H,10-11H2,1-2H3,(H,24,29)(H,25,30). The number of methoxy groups -OCH3 is 1. The molecular formula is C22H20ClN5O5. The monoisotopic (exact) mass is 469 g/mol. The minimum Gasteiger partial charge on any atom is -0.378 e. The molecule has 0 fully saturated rings. The first kappa shape index (κ1) is 22.4. The third-order valence-corrected chi connectivity index (χ3v) is 5.52. The van der Waals surface area contributed by atoms with Gasteiger partial charge in [-0.05, 0) is 30.7 Å². The van der Waals surface area contributed by atoms with E-state index in [1.54, 1.807) is 37.3 Å². The maximum Gasteiger partial charge on any atom is 0.274 e. The van der Waals surface area contributed by atoms with Crippen LogP contribution < -0.4 is 10.6 Å². The van der Waals surface area contributed by atoms with Crippen molar-refractivity contribution in [3.8, 4) is 11.1 Å². The number of nitrogens with zero attached hydrogens (tertiary/aromatic N) is 3. The third-order valence-electron chi connectivity index (χ3n) is 5.29. The number of anilines is 2. The van der Waals surface area contributed by atoms with Crippen molar-refractivity contribution in [3.63, 3.8) is 0 Å². The normalized spacial score (nSPS) is 14.6. The zero-order chi connectivity index (χ0) is 23.7. The molecule has 1 aromatic heterocycles. The number of carbonyl (C=O) groups excluding carboxylic acids is 2. The number of nitrogens with one attached hydrogen (secondary N) is 2. The fraction of sp³-hybridized carbons (Fsp3) is 0.227. The van der Waals surface area contributed by atoms with Gasteiger partial charge in [-0.1, -0.05) is 29.8 Å². The molecule has 11 heteroatoms. The number of aromatic nitrogens is 2. The molecule has 1 unspecified atom stereocenters. The van der Waals surface area contributed by atoms with Gasteiger partial charge < -0.3 is 15.4 Å². The number of carbonyl (C=O) groups is 2. The van der Waals surface area contributed by atoms with Crippen molar-refractivity contribution in [2.75, 3.05) is 17.7 Å². The van der Waals surface area contributed by atoms with E-state index in [0.717, 1.165) is 5.56 Å². The van der Waals surface area contributed by atoms with Crippen LogP contribution >= 0.6 is 11.6 Å². The topological polar surface area (TPSA) is 128 Å². The first-order chi connectivity index (χ1) is 15.8. The van der Waals surface area contributed by atoms with Crippen LogP contribution in [0.5, 0.6) is 0 Å². The molecular weight excluding hydrogens is 450 g/mol. The van der Waals surface area contributed by atoms with Gasteiger partial charge in [0.2, 0.25) is 5.91 Å². The third kappa shape index (κ3) is 4.43. The fourth-order valence-electron chi connectivity index (χ4n) is 3.77. The fourth-order valence-corrected chi connectivity index (χ4v) is 3.96. The Balaban J connectivity index is 1.61. The van der Waals surface area contributed by atoms with Crippen LogP contribution in [0.25, 0.3) is 11.1 Å². The molecule has 10 nitrogen and oxygen atoms in total. The van der Waals surface area contributed by atoms with E-state index in [1.165, 1.54) is 17.9 Å². The molecule has 1 aliphatic heterocycles. The van der Waals surface area contributed by atoms with Crippen LogP contribution in [-0.4, -0.2) is 33.6 Å². The van der Waals surface area contributed by atoms with E-state index in [4.69, 9.17) is 16.3 Å². The van der Waals surface area contributed by atoms with Crippen LogP contribution in [-0.2, 0) is 20.9 Å². The summed E-state index contributed by atoms with van der Waals surface area (Å²) in [5, 5.41) is 21.6. The van der Waals surface area contributed by atoms with Gasteiger partial charge in [0.15, 0.2) is 0 Å². The van der Waals surface area contributed by atoms with E-state index in [9.17, 15) is 19.7 Å². The van der Waals surface area contributed by atoms with Gasteiger partial charge in [-0.2, -0.15) is 5.10 Å². The number of nitro groups is 1. The minimum atomic E-state index is -0.885. The number of hydrogen-bond acceptors (Lipinski definition) is 6. The van der Waals surface area contributed by atoms with Gasteiger partial charge in [-0.25, -0.2) is 4.68 Å². The number of benzene rings is 2. The van der Waals surface area contributed by atoms with Gasteiger partial charge in [0.1, 0.15) is 11.9 Å². The van der Waals surface area contributed by atoms with Gasteiger partial charge in [0.25, 0.3) is 11.6 Å². The average Bonchev–Trinajstić information content (AvgIpc) is 3.24. The number of halogens is 1. The van der Waals surface area contributed by atoms with Gasteiger partial charge in [-0.15, -0.1) is 0 Å². The van der Waals surface area contributed by atoms with Crippen LogP contribution in [0.1, 0.15) is 23.7 Å². The van der Waals surface area contributed by atoms with Crippen molar-refractivity contribution >= 4 is 40.6 Å². The number of fused-ring (bicyclic) bond motifs is 1. The predicted molar refractivity (Wildman–Crippen MR) is 122 cm³/mol. The van der Waals surface area contributed by atoms with Gasteiger partial charge >= 0.3 is 0 Å². The smallest absolute Gasteiger partial charge is 0.274 e. The lowest BCUT2D eigenvalue weighted by atomic mass is 10.1. The molecule has 0 saturated carbocycles. The number of nitro benzene ring substituents is 1. The van der Waals surface area contributed by atoms with Crippen LogP contribution in [0.3, 0.4) is 0 Å². The summed E-state index contributed by atoms with van der Waals surface area (Å²) in [7, 11) is 1.54. The highest BCUT2D eigenvalue weighted by Crippen LogP contribution is 2.39. The molecule has 2 N–H and O–H groups in total. The Morgan fingerprint density at radius 1 is 1.33 bits per heavy atom. The van der Waals surface area contributed by atoms with Crippen LogP contribution in [0, 0.1) is 17.0 Å². The Morgan fingerprint density at radius 3 is 2.82 bits per heavy atom. The molecule has 33 heavy (non-hydrogen) atoms. The molecule has 1 aliphatic rings. The van der Waals surface area contributed by atoms with Crippen molar-refractivity contribution < 1.29 is 19.2 Å². The number of amides is 2. The second-order valence-electron chi connectivity index (χ2n) is 7.57. The van der Waals surface area contributed by atoms with Gasteiger partial charge in [0.05, 0.1) is 23.6 Å². The minimum absolute atomic E-state index is 0.101. The van der Waals surface area contributed by atoms with Crippen LogP contribution in [0.2, 0.25) is 5.02 Å². The highest BCUT2D eigenvalue weighted by molar-refractivity contribution is 6.30. The number of rotatable bonds is 7. The van der Waals surface area contributed by atoms with E-state index in [0.29, 0.717) is 27.7 Å². The zero-order valence-corrected chi connectivity index (χ0v) is 18.5. The number of aryl methyl sites for hydroxylation is 1. The zero-order valence-electron chi connectivity index (χ0n) is 17.8. The molecule has 2 amide bonds. The molecule has 0 bridgehead atoms. The molecule has 4 rings (SSSR count). The quantitative estimate of drug-likeness (QED) is 0.396. The molecule has 0 aliphatic carbocycles. The number of ether oxygens (including phenoxy) is 1. The molecule has 0 saturated heterocycles. The lowest BCUT2D eigenvalue weighted by molar-refractivity contribution is -0.385. The predicted octanol–water partition coefficient (Wildman–Crippen LogP) is 4.09. The van der Waals surface area contributed by atoms with E-state index in [1.807, 2.05) is 6.07 Å². The Hall–Kier alpha value is -3.76. The summed E-state index contributed by atoms with van der Waals surface area (Å²) in [5.41, 5.74) is 2.67. The first-order valence-electron chi connectivity index (χ1n) is 10.0. The molecule has 2 heterocycles. The Kier molecular flexibility index (Phi) is 6.12. The lowest BCUT2D eigenvalue weighted by Crippen LogP contribution is -2.24. The first-order valence-corrected chi connectivity index (χ1v) is 10.4. The van der Waals surface area contributed by atoms with Crippen LogP contribution in [0.4, 0.5) is 17.2 Å². The SMILES string of the molecule is COCc1nn2c(c1-c1cccc(Cl)c1)NC(=O)C2CC(=O)Nc1ccc(C)c([N+](=O)[O-])c1. The van der Waals surface area contributed by atoms with E-state index >= 15 is 0 Å². The molecule has 3 aromatic rings. The van der Waals surface area contributed by atoms with Gasteiger partial charge in [-0.3, -0.25) is 19.7 Å². The summed E-state index contributed by atoms with van der Waals surface area (Å²) in [6, 6.07) is 10.7. The second kappa shape index (κ2) is 9.00. The van der Waals surface area contributed by atoms with Crippen molar-refractivity contribution in [2.24, 2.45) is 0 Å². The Morgan fingerprint density at radius 2 is 2.12 bits per heavy atom. The van der Waals surface area contributed by atoms with Crippen molar-refractivity contribution in [3.05, 3.63) is 68.9 Å². The summed E-state index contributed by atoms with van der Waals surface area (Å²) in [6.07, 6.45) is -0.205. The van der Waals surface area contributed by atoms with E-state index in [-0.39, 0.29) is 30.3 Å². The highest BCUT2D eigenvalue weighted by atomic mass is 35.5. The van der Waals surface area contributed by atoms with E-state index < -0.39 is 16.9 Å². The molecule has 0 radical (unpaired) electrons. The molecule has 2 aromatic carbocycles. The van der Waals surface area contributed by atoms with E-state index in [2.05, 4.69) is 15.7 Å². The Labute approximate surface area is 193 Å². The maximum atomic E-state index is 12.7. The molecule has 1 atom stereocenters. The lowest BCUT2D eigenvalue weighted by Gasteiger charge is -2.10. The number of hydrogen-bond donors (Lipinski definition) is 2. The Bertz CT molecular complexity index is 1270. The van der Waals surface area contributed by atoms with Crippen molar-refractivity contribution in [2.45, 2.75) is 26.0 Å². The summed E-state index contributed by atoms with van der Waals surface area (Å²) >= 11 is 6.14. The van der Waals surface area contributed by atoms with Crippen molar-refractivity contribution in [1.82, 2.24) is 9.78 Å². The van der Waals surface area contributed by atoms with Crippen molar-refractivity contribution in [1.29, 1.82) is 0 Å². The molecule has 0 spiro atoms. The summed E-state index contributed by atoms with van der Waals surface area (Å²) < 4.78 is 6.74.